The van der Waals surface area contributed by atoms with Gasteiger partial charge in [-0.3, -0.25) is 0 Å². The minimum Gasteiger partial charge on any atom is -0.455 e. The first kappa shape index (κ1) is 13.9. The molecule has 5 aliphatic rings. The van der Waals surface area contributed by atoms with Crippen molar-refractivity contribution in [1.29, 1.82) is 0 Å². The van der Waals surface area contributed by atoms with Crippen molar-refractivity contribution in [1.82, 2.24) is 0 Å². The predicted octanol–water partition coefficient (Wildman–Crippen LogP) is 4.41. The third-order valence-corrected chi connectivity index (χ3v) is 5.86. The first-order valence-corrected chi connectivity index (χ1v) is 8.17. The van der Waals surface area contributed by atoms with Gasteiger partial charge in [-0.2, -0.15) is 0 Å². The molecule has 0 amide bonds. The average Bonchev–Trinajstić information content (AvgIpc) is 2.39. The lowest BCUT2D eigenvalue weighted by Gasteiger charge is -2.63. The molecular formula is C18H26O2. The second kappa shape index (κ2) is 5.05. The molecule has 20 heavy (non-hydrogen) atoms. The second-order valence-electron chi connectivity index (χ2n) is 6.89. The number of hydrogen-bond donors (Lipinski definition) is 0. The maximum Gasteiger partial charge on any atom is 0.330 e. The molecular weight excluding hydrogens is 248 g/mol. The van der Waals surface area contributed by atoms with Crippen molar-refractivity contribution in [2.24, 2.45) is 17.8 Å². The molecule has 0 radical (unpaired) electrons. The molecule has 0 aromatic heterocycles. The molecule has 4 atom stereocenters. The third kappa shape index (κ3) is 1.88. The highest BCUT2D eigenvalue weighted by molar-refractivity contribution is 5.81. The van der Waals surface area contributed by atoms with Crippen LogP contribution in [0.25, 0.3) is 0 Å². The van der Waals surface area contributed by atoms with Gasteiger partial charge in [0.2, 0.25) is 0 Å². The summed E-state index contributed by atoms with van der Waals surface area (Å²) in [7, 11) is 0. The largest absolute Gasteiger partial charge is 0.455 e. The van der Waals surface area contributed by atoms with E-state index >= 15 is 0 Å². The van der Waals surface area contributed by atoms with Crippen molar-refractivity contribution in [3.63, 3.8) is 0 Å². The minimum absolute atomic E-state index is 0.204. The van der Waals surface area contributed by atoms with Gasteiger partial charge in [-0.05, 0) is 44.9 Å². The fourth-order valence-electron chi connectivity index (χ4n) is 5.03. The minimum atomic E-state index is -0.226. The zero-order valence-corrected chi connectivity index (χ0v) is 12.8. The number of rotatable bonds is 6. The van der Waals surface area contributed by atoms with Crippen LogP contribution in [0.4, 0.5) is 0 Å². The summed E-state index contributed by atoms with van der Waals surface area (Å²) in [5.41, 5.74) is 3.02. The van der Waals surface area contributed by atoms with Crippen molar-refractivity contribution >= 4 is 5.97 Å². The van der Waals surface area contributed by atoms with Crippen molar-refractivity contribution < 1.29 is 9.53 Å². The molecule has 0 spiro atoms. The van der Waals surface area contributed by atoms with E-state index in [2.05, 4.69) is 20.4 Å². The Bertz CT molecular complexity index is 462. The summed E-state index contributed by atoms with van der Waals surface area (Å²) < 4.78 is 6.02. The highest BCUT2D eigenvalue weighted by Gasteiger charge is 2.63. The van der Waals surface area contributed by atoms with Gasteiger partial charge in [-0.25, -0.2) is 4.79 Å². The molecule has 4 unspecified atom stereocenters. The molecule has 0 aromatic rings. The number of ether oxygens (including phenoxy) is 1. The van der Waals surface area contributed by atoms with E-state index in [-0.39, 0.29) is 11.6 Å². The van der Waals surface area contributed by atoms with Gasteiger partial charge in [0, 0.05) is 17.9 Å². The van der Waals surface area contributed by atoms with E-state index in [1.165, 1.54) is 38.2 Å². The average molecular weight is 274 g/mol. The Morgan fingerprint density at radius 2 is 2.25 bits per heavy atom. The standard InChI is InChI=1S/C18H26O2/c1-4-6-7-8-18(20-16(19)5-2)14-9-12(3)17-13(10-14)11-15(17)18/h5,13-15H,2,4,6-11H2,1,3H3. The topological polar surface area (TPSA) is 26.3 Å². The molecule has 0 N–H and O–H groups in total. The van der Waals surface area contributed by atoms with E-state index in [0.717, 1.165) is 18.8 Å². The van der Waals surface area contributed by atoms with Crippen molar-refractivity contribution in [3.8, 4) is 0 Å². The summed E-state index contributed by atoms with van der Waals surface area (Å²) in [6, 6.07) is 0. The van der Waals surface area contributed by atoms with Crippen molar-refractivity contribution in [2.45, 2.75) is 64.4 Å². The summed E-state index contributed by atoms with van der Waals surface area (Å²) in [5.74, 6) is 1.64. The molecule has 5 rings (SSSR count). The lowest BCUT2D eigenvalue weighted by atomic mass is 9.44. The summed E-state index contributed by atoms with van der Waals surface area (Å²) in [4.78, 5) is 11.9. The summed E-state index contributed by atoms with van der Waals surface area (Å²) >= 11 is 0. The van der Waals surface area contributed by atoms with Crippen LogP contribution in [-0.2, 0) is 9.53 Å². The van der Waals surface area contributed by atoms with Crippen LogP contribution in [0.5, 0.6) is 0 Å². The van der Waals surface area contributed by atoms with Crippen LogP contribution in [0.2, 0.25) is 0 Å². The smallest absolute Gasteiger partial charge is 0.330 e. The fourth-order valence-corrected chi connectivity index (χ4v) is 5.03. The predicted molar refractivity (Wildman–Crippen MR) is 80.2 cm³/mol. The quantitative estimate of drug-likeness (QED) is 0.310. The molecule has 5 aliphatic carbocycles. The van der Waals surface area contributed by atoms with Crippen LogP contribution in [0.3, 0.4) is 0 Å². The highest BCUT2D eigenvalue weighted by Crippen LogP contribution is 2.66. The van der Waals surface area contributed by atoms with Crippen LogP contribution in [0.15, 0.2) is 23.8 Å². The van der Waals surface area contributed by atoms with E-state index in [9.17, 15) is 4.79 Å². The van der Waals surface area contributed by atoms with Gasteiger partial charge >= 0.3 is 5.97 Å². The van der Waals surface area contributed by atoms with E-state index in [0.29, 0.717) is 11.8 Å². The summed E-state index contributed by atoms with van der Waals surface area (Å²) in [5, 5.41) is 0. The van der Waals surface area contributed by atoms with Gasteiger partial charge in [0.1, 0.15) is 5.60 Å². The molecule has 110 valence electrons. The van der Waals surface area contributed by atoms with Crippen molar-refractivity contribution in [3.05, 3.63) is 23.8 Å². The number of carbonyl (C=O) groups excluding carboxylic acids is 1. The maximum absolute atomic E-state index is 11.9. The van der Waals surface area contributed by atoms with Gasteiger partial charge in [0.15, 0.2) is 0 Å². The Morgan fingerprint density at radius 3 is 2.85 bits per heavy atom. The molecule has 0 saturated heterocycles. The van der Waals surface area contributed by atoms with Gasteiger partial charge in [-0.1, -0.05) is 37.5 Å². The van der Waals surface area contributed by atoms with E-state index in [1.807, 2.05) is 0 Å². The molecule has 3 fully saturated rings. The molecule has 0 aromatic carbocycles. The number of fused-ring (bicyclic) bond motifs is 1. The zero-order valence-electron chi connectivity index (χ0n) is 12.8. The third-order valence-electron chi connectivity index (χ3n) is 5.86. The first-order valence-electron chi connectivity index (χ1n) is 8.17. The Kier molecular flexibility index (Phi) is 3.51. The lowest BCUT2D eigenvalue weighted by molar-refractivity contribution is -0.192. The SMILES string of the molecule is C=CC(=O)OC1(CCCCC)C2CC(C)=C3C(C2)CC31. The monoisotopic (exact) mass is 274 g/mol. The number of esters is 1. The van der Waals surface area contributed by atoms with Gasteiger partial charge in [0.25, 0.3) is 0 Å². The number of allylic oxidation sites excluding steroid dienone is 1. The molecule has 2 nitrogen and oxygen atoms in total. The van der Waals surface area contributed by atoms with E-state index < -0.39 is 0 Å². The van der Waals surface area contributed by atoms with Gasteiger partial charge in [0.05, 0.1) is 0 Å². The van der Waals surface area contributed by atoms with Crippen molar-refractivity contribution in [2.75, 3.05) is 0 Å². The normalized spacial score (nSPS) is 37.6. The first-order chi connectivity index (χ1) is 9.62. The number of unbranched alkanes of at least 4 members (excludes halogenated alkanes) is 2. The van der Waals surface area contributed by atoms with Crippen LogP contribution >= 0.6 is 0 Å². The van der Waals surface area contributed by atoms with Crippen LogP contribution in [0.1, 0.15) is 58.8 Å². The number of carbonyl (C=O) groups is 1. The second-order valence-corrected chi connectivity index (χ2v) is 6.89. The lowest BCUT2D eigenvalue weighted by Crippen LogP contribution is -2.62. The molecule has 3 saturated carbocycles. The van der Waals surface area contributed by atoms with Gasteiger partial charge in [-0.15, -0.1) is 0 Å². The van der Waals surface area contributed by atoms with Crippen LogP contribution in [0, 0.1) is 17.8 Å². The van der Waals surface area contributed by atoms with E-state index in [1.54, 1.807) is 11.1 Å². The van der Waals surface area contributed by atoms with Crippen LogP contribution < -0.4 is 0 Å². The Hall–Kier alpha value is -1.05. The summed E-state index contributed by atoms with van der Waals surface area (Å²) in [6.45, 7) is 8.09. The Morgan fingerprint density at radius 1 is 1.45 bits per heavy atom. The number of hydrogen-bond acceptors (Lipinski definition) is 2. The fraction of sp³-hybridized carbons (Fsp3) is 0.722. The highest BCUT2D eigenvalue weighted by atomic mass is 16.6. The van der Waals surface area contributed by atoms with Gasteiger partial charge < -0.3 is 4.74 Å². The molecule has 2 heteroatoms. The van der Waals surface area contributed by atoms with E-state index in [4.69, 9.17) is 4.74 Å². The maximum atomic E-state index is 11.9. The zero-order chi connectivity index (χ0) is 14.3. The Labute approximate surface area is 122 Å². The molecule has 0 heterocycles. The molecule has 4 bridgehead atoms. The van der Waals surface area contributed by atoms with Crippen LogP contribution in [-0.4, -0.2) is 11.6 Å². The molecule has 0 aliphatic heterocycles. The summed E-state index contributed by atoms with van der Waals surface area (Å²) in [6.07, 6.45) is 9.60. The Balaban J connectivity index is 1.87.